The maximum atomic E-state index is 13.9. The standard InChI is InChI=1S/C24H26OP2S.C24H26P2S2/c25-26(21-11-4-1-5-12-21)19-10-17-22(26)18-20-27(28,23-13-6-2-7-14-23)24-15-8-3-9-16-24;27-25(21-11-4-1-5-12-21)19-10-17-24(25)18-20-26(28,22-13-6-2-7-14-22)23-15-8-3-9-16-23/h1-9,11-16,22H,10,17-20H2;1-9,11-16,24H,10,17-20H2/t22-,26-;24-,25-/m00/s1. The van der Waals surface area contributed by atoms with E-state index in [1.165, 1.54) is 45.5 Å². The molecule has 0 spiro atoms. The number of hydrogen-bond donors (Lipinski definition) is 0. The molecule has 0 unspecified atom stereocenters. The highest BCUT2D eigenvalue weighted by Crippen LogP contribution is 2.61. The van der Waals surface area contributed by atoms with E-state index in [-0.39, 0.29) is 5.66 Å². The highest BCUT2D eigenvalue weighted by Gasteiger charge is 2.40. The van der Waals surface area contributed by atoms with Crippen LogP contribution in [0.15, 0.2) is 182 Å². The van der Waals surface area contributed by atoms with Crippen LogP contribution in [0.25, 0.3) is 0 Å². The molecule has 0 aliphatic carbocycles. The zero-order valence-corrected chi connectivity index (χ0v) is 38.0. The Kier molecular flexibility index (Phi) is 14.2. The van der Waals surface area contributed by atoms with E-state index in [1.807, 2.05) is 18.2 Å². The lowest BCUT2D eigenvalue weighted by molar-refractivity contribution is 0.575. The summed E-state index contributed by atoms with van der Waals surface area (Å²) in [5.41, 5.74) is 0.907. The van der Waals surface area contributed by atoms with Gasteiger partial charge in [-0.2, -0.15) is 0 Å². The van der Waals surface area contributed by atoms with Gasteiger partial charge in [-0.15, -0.1) is 0 Å². The van der Waals surface area contributed by atoms with Gasteiger partial charge in [-0.1, -0.05) is 217 Å². The zero-order chi connectivity index (χ0) is 38.9. The van der Waals surface area contributed by atoms with Gasteiger partial charge in [0.2, 0.25) is 0 Å². The summed E-state index contributed by atoms with van der Waals surface area (Å²) < 4.78 is 13.9. The molecule has 0 bridgehead atoms. The minimum absolute atomic E-state index is 0.268. The Bertz CT molecular complexity index is 2090. The lowest BCUT2D eigenvalue weighted by Crippen LogP contribution is -2.21. The van der Waals surface area contributed by atoms with Gasteiger partial charge in [-0.05, 0) is 95.2 Å². The van der Waals surface area contributed by atoms with Crippen LogP contribution in [-0.4, -0.2) is 36.0 Å². The van der Waals surface area contributed by atoms with Crippen molar-refractivity contribution in [3.8, 4) is 0 Å². The van der Waals surface area contributed by atoms with Crippen LogP contribution in [0.3, 0.4) is 0 Å². The SMILES string of the molecule is O=[P@]1(c2ccccc2)CCC[C@H]1CCP(=S)(c1ccccc1)c1ccccc1.S=P(CC[C@@H]1CCC[P@]1(=S)c1ccccc1)(c1ccccc1)c1ccccc1. The summed E-state index contributed by atoms with van der Waals surface area (Å²) >= 11 is 19.2. The van der Waals surface area contributed by atoms with Gasteiger partial charge in [0.25, 0.3) is 0 Å². The van der Waals surface area contributed by atoms with Gasteiger partial charge in [-0.3, -0.25) is 0 Å². The summed E-state index contributed by atoms with van der Waals surface area (Å²) in [7, 11) is -2.33. The molecule has 56 heavy (non-hydrogen) atoms. The molecule has 6 aromatic rings. The van der Waals surface area contributed by atoms with E-state index < -0.39 is 25.3 Å². The first-order valence-corrected chi connectivity index (χ1v) is 30.9. The molecule has 1 nitrogen and oxygen atoms in total. The first-order valence-electron chi connectivity index (χ1n) is 20.0. The zero-order valence-electron chi connectivity index (χ0n) is 32.0. The largest absolute Gasteiger partial charge is 0.318 e. The van der Waals surface area contributed by atoms with Crippen LogP contribution in [0.5, 0.6) is 0 Å². The van der Waals surface area contributed by atoms with Gasteiger partial charge in [0.05, 0.1) is 0 Å². The fraction of sp³-hybridized carbons (Fsp3) is 0.250. The summed E-state index contributed by atoms with van der Waals surface area (Å²) in [6, 6.07) is 58.6. The Morgan fingerprint density at radius 2 is 0.768 bits per heavy atom. The molecule has 4 atom stereocenters. The van der Waals surface area contributed by atoms with Crippen LogP contribution in [0.1, 0.15) is 38.5 Å². The molecule has 0 aromatic heterocycles. The predicted molar refractivity (Wildman–Crippen MR) is 262 cm³/mol. The van der Waals surface area contributed by atoms with E-state index in [2.05, 4.69) is 164 Å². The van der Waals surface area contributed by atoms with Crippen molar-refractivity contribution in [2.75, 3.05) is 24.6 Å². The van der Waals surface area contributed by atoms with Crippen LogP contribution in [0.4, 0.5) is 0 Å². The quantitative estimate of drug-likeness (QED) is 0.114. The van der Waals surface area contributed by atoms with E-state index in [1.54, 1.807) is 0 Å². The van der Waals surface area contributed by atoms with Crippen molar-refractivity contribution in [3.63, 3.8) is 0 Å². The van der Waals surface area contributed by atoms with Crippen molar-refractivity contribution in [2.45, 2.75) is 49.8 Å². The molecule has 0 N–H and O–H groups in total. The first-order chi connectivity index (χ1) is 27.3. The summed E-state index contributed by atoms with van der Waals surface area (Å²) in [6.07, 6.45) is 10.9. The summed E-state index contributed by atoms with van der Waals surface area (Å²) in [6.45, 7) is 0. The molecule has 0 amide bonds. The Morgan fingerprint density at radius 3 is 1.18 bits per heavy atom. The van der Waals surface area contributed by atoms with E-state index in [0.29, 0.717) is 5.66 Å². The summed E-state index contributed by atoms with van der Waals surface area (Å²) in [5, 5.41) is 7.70. The first kappa shape index (κ1) is 41.7. The lowest BCUT2D eigenvalue weighted by atomic mass is 10.2. The third-order valence-electron chi connectivity index (χ3n) is 11.9. The second-order valence-corrected chi connectivity index (χ2v) is 33.3. The minimum Gasteiger partial charge on any atom is -0.318 e. The maximum absolute atomic E-state index is 13.9. The fourth-order valence-electron chi connectivity index (χ4n) is 8.80. The summed E-state index contributed by atoms with van der Waals surface area (Å²) in [5.74, 6) is 0. The number of benzene rings is 6. The highest BCUT2D eigenvalue weighted by atomic mass is 32.4. The average molecular weight is 865 g/mol. The number of hydrogen-bond acceptors (Lipinski definition) is 4. The predicted octanol–water partition coefficient (Wildman–Crippen LogP) is 10.8. The lowest BCUT2D eigenvalue weighted by Gasteiger charge is -2.29. The van der Waals surface area contributed by atoms with Gasteiger partial charge in [0.15, 0.2) is 0 Å². The maximum Gasteiger partial charge on any atom is 0.118 e. The Hall–Kier alpha value is -2.50. The van der Waals surface area contributed by atoms with E-state index >= 15 is 0 Å². The molecule has 2 saturated heterocycles. The third kappa shape index (κ3) is 9.20. The fourth-order valence-corrected chi connectivity index (χ4v) is 25.3. The van der Waals surface area contributed by atoms with Crippen LogP contribution in [0, 0.1) is 0 Å². The molecule has 8 heteroatoms. The topological polar surface area (TPSA) is 17.1 Å². The van der Waals surface area contributed by atoms with Crippen molar-refractivity contribution in [1.82, 2.24) is 0 Å². The highest BCUT2D eigenvalue weighted by molar-refractivity contribution is 8.22. The molecule has 8 rings (SSSR count). The Morgan fingerprint density at radius 1 is 0.446 bits per heavy atom. The minimum atomic E-state index is -2.33. The molecule has 2 fully saturated rings. The second kappa shape index (κ2) is 19.0. The molecule has 288 valence electrons. The Balaban J connectivity index is 0.000000172. The normalized spacial score (nSPS) is 22.2. The van der Waals surface area contributed by atoms with Crippen molar-refractivity contribution in [1.29, 1.82) is 0 Å². The van der Waals surface area contributed by atoms with Gasteiger partial charge >= 0.3 is 0 Å². The van der Waals surface area contributed by atoms with Crippen LogP contribution < -0.4 is 31.8 Å². The molecule has 2 aliphatic heterocycles. The van der Waals surface area contributed by atoms with E-state index in [0.717, 1.165) is 49.5 Å². The third-order valence-corrected chi connectivity index (χ3v) is 31.6. The van der Waals surface area contributed by atoms with Crippen LogP contribution in [-0.2, 0) is 40.0 Å². The van der Waals surface area contributed by atoms with Gasteiger partial charge in [-0.25, -0.2) is 0 Å². The smallest absolute Gasteiger partial charge is 0.118 e. The molecule has 0 saturated carbocycles. The van der Waals surface area contributed by atoms with Crippen molar-refractivity contribution in [2.24, 2.45) is 0 Å². The Labute approximate surface area is 351 Å². The van der Waals surface area contributed by atoms with E-state index in [9.17, 15) is 4.57 Å². The molecule has 6 aromatic carbocycles. The molecular formula is C48H52OP4S3. The van der Waals surface area contributed by atoms with E-state index in [4.69, 9.17) is 35.4 Å². The molecule has 0 radical (unpaired) electrons. The second-order valence-electron chi connectivity index (χ2n) is 15.1. The molecule has 2 heterocycles. The van der Waals surface area contributed by atoms with Gasteiger partial charge < -0.3 is 4.57 Å². The van der Waals surface area contributed by atoms with Crippen molar-refractivity contribution >= 4 is 92.5 Å². The summed E-state index contributed by atoms with van der Waals surface area (Å²) in [4.78, 5) is 0. The van der Waals surface area contributed by atoms with Crippen molar-refractivity contribution in [3.05, 3.63) is 182 Å². The monoisotopic (exact) mass is 864 g/mol. The van der Waals surface area contributed by atoms with Gasteiger partial charge in [0, 0.05) is 29.2 Å². The van der Waals surface area contributed by atoms with Gasteiger partial charge in [0.1, 0.15) is 7.14 Å². The van der Waals surface area contributed by atoms with Crippen molar-refractivity contribution < 1.29 is 4.57 Å². The van der Waals surface area contributed by atoms with Crippen LogP contribution >= 0.6 is 25.3 Å². The molecular weight excluding hydrogens is 813 g/mol. The molecule has 2 aliphatic rings. The van der Waals surface area contributed by atoms with Crippen LogP contribution in [0.2, 0.25) is 0 Å². The average Bonchev–Trinajstić information content (AvgIpc) is 3.86. The number of rotatable bonds is 12.